The second kappa shape index (κ2) is 10.0. The average Bonchev–Trinajstić information content (AvgIpc) is 2.71. The number of nitrogens with zero attached hydrogens (tertiary/aromatic N) is 4. The molecule has 0 atom stereocenters. The number of aromatic nitrogens is 1. The first-order valence-corrected chi connectivity index (χ1v) is 9.15. The molecule has 0 bridgehead atoms. The lowest BCUT2D eigenvalue weighted by Gasteiger charge is -2.03. The Bertz CT molecular complexity index is 1190. The fourth-order valence-corrected chi connectivity index (χ4v) is 2.71. The van der Waals surface area contributed by atoms with Crippen molar-refractivity contribution in [3.63, 3.8) is 0 Å². The Kier molecular flexibility index (Phi) is 7.45. The molecule has 0 aliphatic carbocycles. The standard InChI is InChI=1S/C14H15NO.C6H3N3O7/c1-10-3-7-13-8-6-12(5-4-11(2)16)9-14(13)15-10;10-6-4(8(13)14)1-3(7(11)12)2-5(6)9(15)16/h3,6-9H,4-5H2,1-2H3;1-2,10H. The van der Waals surface area contributed by atoms with Crippen LogP contribution in [0.1, 0.15) is 24.6 Å². The molecule has 0 saturated carbocycles. The van der Waals surface area contributed by atoms with Gasteiger partial charge in [0.05, 0.1) is 32.4 Å². The summed E-state index contributed by atoms with van der Waals surface area (Å²) in [4.78, 5) is 43.2. The summed E-state index contributed by atoms with van der Waals surface area (Å²) in [5, 5.41) is 41.4. The minimum absolute atomic E-state index is 0.234. The Labute approximate surface area is 180 Å². The molecule has 166 valence electrons. The SMILES string of the molecule is CC(=O)CCc1ccc2ccc(C)nc2c1.O=[N+]([O-])c1cc([N+](=O)[O-])c(O)c([N+](=O)[O-])c1. The van der Waals surface area contributed by atoms with Gasteiger partial charge in [0.15, 0.2) is 0 Å². The number of phenolic OH excluding ortho intramolecular Hbond substituents is 1. The van der Waals surface area contributed by atoms with E-state index in [2.05, 4.69) is 29.2 Å². The number of pyridine rings is 1. The summed E-state index contributed by atoms with van der Waals surface area (Å²) in [5.41, 5.74) is 0.219. The van der Waals surface area contributed by atoms with Gasteiger partial charge in [0, 0.05) is 17.5 Å². The van der Waals surface area contributed by atoms with E-state index in [1.807, 2.05) is 13.0 Å². The molecule has 3 aromatic rings. The van der Waals surface area contributed by atoms with Gasteiger partial charge in [-0.25, -0.2) is 0 Å². The van der Waals surface area contributed by atoms with E-state index in [-0.39, 0.29) is 5.78 Å². The van der Waals surface area contributed by atoms with E-state index in [4.69, 9.17) is 5.11 Å². The molecule has 0 unspecified atom stereocenters. The second-order valence-electron chi connectivity index (χ2n) is 6.79. The van der Waals surface area contributed by atoms with Crippen molar-refractivity contribution in [1.29, 1.82) is 0 Å². The first-order chi connectivity index (χ1) is 15.0. The number of nitro groups is 3. The van der Waals surface area contributed by atoms with E-state index in [1.54, 1.807) is 6.92 Å². The summed E-state index contributed by atoms with van der Waals surface area (Å²) < 4.78 is 0. The quantitative estimate of drug-likeness (QED) is 0.432. The maximum Gasteiger partial charge on any atom is 0.324 e. The molecular formula is C20H18N4O8. The number of Topliss-reactive ketones (excluding diaryl/α,β-unsaturated/α-hetero) is 1. The first kappa shape index (κ1) is 23.8. The number of hydrogen-bond donors (Lipinski definition) is 1. The van der Waals surface area contributed by atoms with E-state index in [9.17, 15) is 35.1 Å². The predicted molar refractivity (Wildman–Crippen MR) is 114 cm³/mol. The molecule has 0 aliphatic heterocycles. The highest BCUT2D eigenvalue weighted by atomic mass is 16.6. The van der Waals surface area contributed by atoms with Crippen molar-refractivity contribution in [2.24, 2.45) is 0 Å². The fraction of sp³-hybridized carbons (Fsp3) is 0.200. The van der Waals surface area contributed by atoms with Crippen LogP contribution in [-0.4, -0.2) is 30.6 Å². The zero-order valence-electron chi connectivity index (χ0n) is 17.0. The first-order valence-electron chi connectivity index (χ1n) is 9.15. The van der Waals surface area contributed by atoms with Gasteiger partial charge >= 0.3 is 11.4 Å². The zero-order chi connectivity index (χ0) is 24.0. The van der Waals surface area contributed by atoms with Crippen molar-refractivity contribution in [1.82, 2.24) is 4.98 Å². The number of ketones is 1. The van der Waals surface area contributed by atoms with Crippen LogP contribution >= 0.6 is 0 Å². The number of benzene rings is 2. The molecule has 0 aliphatic rings. The van der Waals surface area contributed by atoms with E-state index >= 15 is 0 Å². The van der Waals surface area contributed by atoms with Crippen molar-refractivity contribution in [3.05, 3.63) is 84.1 Å². The lowest BCUT2D eigenvalue weighted by Crippen LogP contribution is -1.97. The molecule has 0 fully saturated rings. The third-order valence-electron chi connectivity index (χ3n) is 4.32. The normalized spacial score (nSPS) is 10.2. The summed E-state index contributed by atoms with van der Waals surface area (Å²) in [7, 11) is 0. The number of phenols is 1. The fourth-order valence-electron chi connectivity index (χ4n) is 2.71. The molecule has 1 heterocycles. The third kappa shape index (κ3) is 6.01. The smallest absolute Gasteiger partial charge is 0.324 e. The predicted octanol–water partition coefficient (Wildman–Crippen LogP) is 4.18. The Morgan fingerprint density at radius 3 is 2.00 bits per heavy atom. The molecule has 0 saturated heterocycles. The number of aryl methyl sites for hydroxylation is 2. The maximum absolute atomic E-state index is 10.9. The molecule has 32 heavy (non-hydrogen) atoms. The van der Waals surface area contributed by atoms with Crippen LogP contribution < -0.4 is 0 Å². The highest BCUT2D eigenvalue weighted by Gasteiger charge is 2.30. The van der Waals surface area contributed by atoms with Crippen molar-refractivity contribution in [2.45, 2.75) is 26.7 Å². The molecule has 1 aromatic heterocycles. The Morgan fingerprint density at radius 1 is 0.938 bits per heavy atom. The molecule has 12 heteroatoms. The van der Waals surface area contributed by atoms with Crippen LogP contribution in [0.5, 0.6) is 5.75 Å². The van der Waals surface area contributed by atoms with E-state index in [0.717, 1.165) is 23.0 Å². The minimum atomic E-state index is -1.21. The van der Waals surface area contributed by atoms with Gasteiger partial charge in [-0.1, -0.05) is 18.2 Å². The number of rotatable bonds is 6. The van der Waals surface area contributed by atoms with Gasteiger partial charge in [-0.3, -0.25) is 35.3 Å². The highest BCUT2D eigenvalue weighted by Crippen LogP contribution is 2.38. The van der Waals surface area contributed by atoms with Crippen LogP contribution in [0.4, 0.5) is 17.1 Å². The van der Waals surface area contributed by atoms with Crippen LogP contribution in [0.3, 0.4) is 0 Å². The van der Waals surface area contributed by atoms with Crippen LogP contribution in [-0.2, 0) is 11.2 Å². The minimum Gasteiger partial charge on any atom is -0.497 e. The van der Waals surface area contributed by atoms with Crippen LogP contribution in [0.2, 0.25) is 0 Å². The monoisotopic (exact) mass is 442 g/mol. The molecule has 0 radical (unpaired) electrons. The van der Waals surface area contributed by atoms with Gasteiger partial charge in [-0.05, 0) is 38.0 Å². The Balaban J connectivity index is 0.000000227. The van der Waals surface area contributed by atoms with E-state index in [1.165, 1.54) is 5.56 Å². The second-order valence-corrected chi connectivity index (χ2v) is 6.79. The molecule has 2 aromatic carbocycles. The largest absolute Gasteiger partial charge is 0.497 e. The number of nitro benzene ring substituents is 3. The summed E-state index contributed by atoms with van der Waals surface area (Å²) in [5.74, 6) is -0.974. The molecule has 3 rings (SSSR count). The summed E-state index contributed by atoms with van der Waals surface area (Å²) in [6.45, 7) is 3.62. The van der Waals surface area contributed by atoms with Gasteiger partial charge in [0.2, 0.25) is 0 Å². The third-order valence-corrected chi connectivity index (χ3v) is 4.32. The van der Waals surface area contributed by atoms with E-state index in [0.29, 0.717) is 18.6 Å². The highest BCUT2D eigenvalue weighted by molar-refractivity contribution is 5.80. The van der Waals surface area contributed by atoms with Gasteiger partial charge in [0.25, 0.3) is 11.4 Å². The number of non-ortho nitro benzene ring substituents is 1. The van der Waals surface area contributed by atoms with Crippen LogP contribution in [0.25, 0.3) is 10.9 Å². The molecule has 12 nitrogen and oxygen atoms in total. The van der Waals surface area contributed by atoms with Crippen molar-refractivity contribution in [2.75, 3.05) is 0 Å². The summed E-state index contributed by atoms with van der Waals surface area (Å²) in [6, 6.07) is 11.2. The number of fused-ring (bicyclic) bond motifs is 1. The van der Waals surface area contributed by atoms with Crippen molar-refractivity contribution < 1.29 is 24.7 Å². The van der Waals surface area contributed by atoms with Crippen LogP contribution in [0.15, 0.2) is 42.5 Å². The van der Waals surface area contributed by atoms with Crippen LogP contribution in [0, 0.1) is 37.3 Å². The number of carbonyl (C=O) groups excluding carboxylic acids is 1. The average molecular weight is 442 g/mol. The Hall–Kier alpha value is -4.48. The molecular weight excluding hydrogens is 424 g/mol. The number of aromatic hydroxyl groups is 1. The summed E-state index contributed by atoms with van der Waals surface area (Å²) >= 11 is 0. The molecule has 1 N–H and O–H groups in total. The summed E-state index contributed by atoms with van der Waals surface area (Å²) in [6.07, 6.45) is 1.41. The van der Waals surface area contributed by atoms with Gasteiger partial charge in [-0.2, -0.15) is 0 Å². The lowest BCUT2D eigenvalue weighted by molar-refractivity contribution is -0.404. The van der Waals surface area contributed by atoms with Crippen molar-refractivity contribution in [3.8, 4) is 5.75 Å². The van der Waals surface area contributed by atoms with Gasteiger partial charge in [0.1, 0.15) is 5.78 Å². The van der Waals surface area contributed by atoms with E-state index < -0.39 is 37.6 Å². The van der Waals surface area contributed by atoms with Crippen molar-refractivity contribution >= 4 is 33.7 Å². The van der Waals surface area contributed by atoms with Gasteiger partial charge < -0.3 is 9.90 Å². The lowest BCUT2D eigenvalue weighted by atomic mass is 10.1. The molecule has 0 spiro atoms. The topological polar surface area (TPSA) is 180 Å². The molecule has 0 amide bonds. The van der Waals surface area contributed by atoms with Gasteiger partial charge in [-0.15, -0.1) is 0 Å². The number of hydrogen-bond acceptors (Lipinski definition) is 9. The zero-order valence-corrected chi connectivity index (χ0v) is 17.0. The number of carbonyl (C=O) groups is 1. The Morgan fingerprint density at radius 2 is 1.50 bits per heavy atom. The maximum atomic E-state index is 10.9.